The van der Waals surface area contributed by atoms with Crippen LogP contribution in [0.2, 0.25) is 0 Å². The van der Waals surface area contributed by atoms with Crippen molar-refractivity contribution in [2.45, 2.75) is 26.3 Å². The molecule has 1 heterocycles. The van der Waals surface area contributed by atoms with Crippen LogP contribution in [0.1, 0.15) is 24.6 Å². The first-order valence-corrected chi connectivity index (χ1v) is 8.08. The minimum Gasteiger partial charge on any atom is -0.481 e. The fourth-order valence-corrected chi connectivity index (χ4v) is 3.17. The topological polar surface area (TPSA) is 69.6 Å². The first kappa shape index (κ1) is 17.1. The van der Waals surface area contributed by atoms with E-state index in [1.54, 1.807) is 16.2 Å². The number of likely N-dealkylation sites (N-methyl/N-ethyl adjacent to an activating group) is 1. The van der Waals surface area contributed by atoms with Crippen molar-refractivity contribution in [3.8, 4) is 0 Å². The number of nitrogens with one attached hydrogen (secondary N) is 1. The molecule has 0 unspecified atom stereocenters. The second kappa shape index (κ2) is 9.10. The molecule has 1 aromatic rings. The van der Waals surface area contributed by atoms with Gasteiger partial charge in [-0.25, -0.2) is 0 Å². The molecule has 112 valence electrons. The van der Waals surface area contributed by atoms with Crippen molar-refractivity contribution in [2.24, 2.45) is 0 Å². The van der Waals surface area contributed by atoms with Gasteiger partial charge in [-0.3, -0.25) is 9.59 Å². The molecule has 0 radical (unpaired) electrons. The second-order valence-electron chi connectivity index (χ2n) is 4.29. The molecule has 0 spiro atoms. The van der Waals surface area contributed by atoms with Crippen LogP contribution in [0.5, 0.6) is 0 Å². The molecule has 0 bridgehead atoms. The minimum absolute atomic E-state index is 0.0346. The van der Waals surface area contributed by atoms with E-state index in [0.717, 1.165) is 8.66 Å². The zero-order valence-corrected chi connectivity index (χ0v) is 13.8. The molecule has 0 aliphatic carbocycles. The van der Waals surface area contributed by atoms with E-state index in [0.29, 0.717) is 26.1 Å². The van der Waals surface area contributed by atoms with Gasteiger partial charge in [0.05, 0.1) is 16.9 Å². The smallest absolute Gasteiger partial charge is 0.303 e. The molecule has 1 rings (SSSR count). The van der Waals surface area contributed by atoms with Gasteiger partial charge >= 0.3 is 5.97 Å². The Labute approximate surface area is 131 Å². The maximum Gasteiger partial charge on any atom is 0.303 e. The van der Waals surface area contributed by atoms with E-state index in [1.807, 2.05) is 19.1 Å². The SMILES string of the molecule is CCN(Cc1ccc(Br)s1)C(=O)CNCCCC(=O)O. The Morgan fingerprint density at radius 1 is 1.45 bits per heavy atom. The number of carbonyl (C=O) groups is 2. The highest BCUT2D eigenvalue weighted by atomic mass is 79.9. The molecule has 0 saturated carbocycles. The van der Waals surface area contributed by atoms with E-state index in [-0.39, 0.29) is 18.9 Å². The van der Waals surface area contributed by atoms with E-state index in [2.05, 4.69) is 21.2 Å². The van der Waals surface area contributed by atoms with E-state index in [4.69, 9.17) is 5.11 Å². The number of halogens is 1. The Morgan fingerprint density at radius 2 is 2.20 bits per heavy atom. The highest BCUT2D eigenvalue weighted by Crippen LogP contribution is 2.23. The second-order valence-corrected chi connectivity index (χ2v) is 6.84. The van der Waals surface area contributed by atoms with Crippen LogP contribution in [-0.4, -0.2) is 41.5 Å². The Morgan fingerprint density at radius 3 is 2.75 bits per heavy atom. The molecule has 0 aliphatic rings. The summed E-state index contributed by atoms with van der Waals surface area (Å²) in [5.74, 6) is -0.774. The molecule has 0 atom stereocenters. The summed E-state index contributed by atoms with van der Waals surface area (Å²) in [7, 11) is 0. The fraction of sp³-hybridized carbons (Fsp3) is 0.538. The molecular formula is C13H19BrN2O3S. The van der Waals surface area contributed by atoms with Crippen molar-refractivity contribution >= 4 is 39.1 Å². The van der Waals surface area contributed by atoms with Gasteiger partial charge in [0.25, 0.3) is 0 Å². The van der Waals surface area contributed by atoms with Crippen molar-refractivity contribution in [2.75, 3.05) is 19.6 Å². The Bertz CT molecular complexity index is 451. The summed E-state index contributed by atoms with van der Waals surface area (Å²) < 4.78 is 1.06. The lowest BCUT2D eigenvalue weighted by Crippen LogP contribution is -2.37. The van der Waals surface area contributed by atoms with Gasteiger partial charge in [0.1, 0.15) is 0 Å². The average Bonchev–Trinajstić information content (AvgIpc) is 2.80. The minimum atomic E-state index is -0.809. The Balaban J connectivity index is 2.30. The standard InChI is InChI=1S/C13H19BrN2O3S/c1-2-16(9-10-5-6-11(14)20-10)12(17)8-15-7-3-4-13(18)19/h5-6,15H,2-4,7-9H2,1H3,(H,18,19). The Kier molecular flexibility index (Phi) is 7.79. The molecule has 0 fully saturated rings. The number of carbonyl (C=O) groups excluding carboxylic acids is 1. The van der Waals surface area contributed by atoms with E-state index >= 15 is 0 Å². The summed E-state index contributed by atoms with van der Waals surface area (Å²) in [4.78, 5) is 25.3. The number of hydrogen-bond acceptors (Lipinski definition) is 4. The molecule has 7 heteroatoms. The third kappa shape index (κ3) is 6.49. The number of thiophene rings is 1. The predicted molar refractivity (Wildman–Crippen MR) is 82.8 cm³/mol. The lowest BCUT2D eigenvalue weighted by Gasteiger charge is -2.20. The maximum atomic E-state index is 12.0. The lowest BCUT2D eigenvalue weighted by atomic mass is 10.3. The fourth-order valence-electron chi connectivity index (χ4n) is 1.67. The van der Waals surface area contributed by atoms with Gasteiger partial charge in [-0.2, -0.15) is 0 Å². The van der Waals surface area contributed by atoms with Crippen LogP contribution in [0.4, 0.5) is 0 Å². The molecule has 0 aromatic carbocycles. The molecule has 1 amide bonds. The largest absolute Gasteiger partial charge is 0.481 e. The normalized spacial score (nSPS) is 10.5. The van der Waals surface area contributed by atoms with Gasteiger partial charge < -0.3 is 15.3 Å². The number of aliphatic carboxylic acids is 1. The molecule has 0 saturated heterocycles. The van der Waals surface area contributed by atoms with Crippen LogP contribution in [0, 0.1) is 0 Å². The maximum absolute atomic E-state index is 12.0. The zero-order valence-electron chi connectivity index (χ0n) is 11.4. The molecule has 0 aliphatic heterocycles. The van der Waals surface area contributed by atoms with Crippen molar-refractivity contribution in [3.05, 3.63) is 20.8 Å². The van der Waals surface area contributed by atoms with Gasteiger partial charge in [-0.05, 0) is 48.0 Å². The van der Waals surface area contributed by atoms with Crippen LogP contribution in [-0.2, 0) is 16.1 Å². The first-order chi connectivity index (χ1) is 9.52. The summed E-state index contributed by atoms with van der Waals surface area (Å²) in [5.41, 5.74) is 0. The monoisotopic (exact) mass is 362 g/mol. The average molecular weight is 363 g/mol. The molecular weight excluding hydrogens is 344 g/mol. The predicted octanol–water partition coefficient (Wildman–Crippen LogP) is 2.31. The zero-order chi connectivity index (χ0) is 15.0. The highest BCUT2D eigenvalue weighted by Gasteiger charge is 2.12. The van der Waals surface area contributed by atoms with Gasteiger partial charge in [0, 0.05) is 17.8 Å². The number of amides is 1. The number of carboxylic acids is 1. The Hall–Kier alpha value is -0.920. The molecule has 20 heavy (non-hydrogen) atoms. The van der Waals surface area contributed by atoms with Gasteiger partial charge in [-0.15, -0.1) is 11.3 Å². The van der Waals surface area contributed by atoms with Gasteiger partial charge in [0.15, 0.2) is 0 Å². The van der Waals surface area contributed by atoms with Crippen molar-refractivity contribution in [3.63, 3.8) is 0 Å². The van der Waals surface area contributed by atoms with Crippen LogP contribution >= 0.6 is 27.3 Å². The first-order valence-electron chi connectivity index (χ1n) is 6.47. The van der Waals surface area contributed by atoms with Crippen molar-refractivity contribution in [1.29, 1.82) is 0 Å². The summed E-state index contributed by atoms with van der Waals surface area (Å²) in [5, 5.41) is 11.5. The number of nitrogens with zero attached hydrogens (tertiary/aromatic N) is 1. The van der Waals surface area contributed by atoms with Crippen LogP contribution in [0.25, 0.3) is 0 Å². The summed E-state index contributed by atoms with van der Waals surface area (Å²) in [6, 6.07) is 3.98. The third-order valence-corrected chi connectivity index (χ3v) is 4.34. The quantitative estimate of drug-likeness (QED) is 0.661. The number of hydrogen-bond donors (Lipinski definition) is 2. The summed E-state index contributed by atoms with van der Waals surface area (Å²) in [6.07, 6.45) is 0.661. The van der Waals surface area contributed by atoms with E-state index in [9.17, 15) is 9.59 Å². The molecule has 5 nitrogen and oxygen atoms in total. The van der Waals surface area contributed by atoms with E-state index in [1.165, 1.54) is 0 Å². The van der Waals surface area contributed by atoms with Crippen LogP contribution in [0.3, 0.4) is 0 Å². The van der Waals surface area contributed by atoms with Gasteiger partial charge in [0.2, 0.25) is 5.91 Å². The third-order valence-electron chi connectivity index (χ3n) is 2.73. The highest BCUT2D eigenvalue weighted by molar-refractivity contribution is 9.11. The lowest BCUT2D eigenvalue weighted by molar-refractivity contribution is -0.137. The van der Waals surface area contributed by atoms with Crippen molar-refractivity contribution < 1.29 is 14.7 Å². The van der Waals surface area contributed by atoms with Gasteiger partial charge in [-0.1, -0.05) is 0 Å². The van der Waals surface area contributed by atoms with Crippen LogP contribution in [0.15, 0.2) is 15.9 Å². The molecule has 2 N–H and O–H groups in total. The number of rotatable bonds is 9. The van der Waals surface area contributed by atoms with Crippen molar-refractivity contribution in [1.82, 2.24) is 10.2 Å². The van der Waals surface area contributed by atoms with Crippen LogP contribution < -0.4 is 5.32 Å². The summed E-state index contributed by atoms with van der Waals surface area (Å²) >= 11 is 5.03. The summed E-state index contributed by atoms with van der Waals surface area (Å²) in [6.45, 7) is 4.01. The number of carboxylic acid groups (broad SMARTS) is 1. The molecule has 1 aromatic heterocycles. The van der Waals surface area contributed by atoms with E-state index < -0.39 is 5.97 Å².